The van der Waals surface area contributed by atoms with Crippen LogP contribution in [0.5, 0.6) is 11.6 Å². The van der Waals surface area contributed by atoms with Gasteiger partial charge in [0, 0.05) is 36.0 Å². The third kappa shape index (κ3) is 4.71. The minimum Gasteiger partial charge on any atom is -0.495 e. The van der Waals surface area contributed by atoms with Gasteiger partial charge in [0.05, 0.1) is 25.5 Å². The largest absolute Gasteiger partial charge is 0.495 e. The van der Waals surface area contributed by atoms with Gasteiger partial charge in [-0.2, -0.15) is 4.98 Å². The van der Waals surface area contributed by atoms with E-state index in [9.17, 15) is 9.59 Å². The Balaban J connectivity index is 1.48. The maximum atomic E-state index is 12.3. The van der Waals surface area contributed by atoms with Gasteiger partial charge in [-0.05, 0) is 37.1 Å². The monoisotopic (exact) mass is 422 g/mol. The lowest BCUT2D eigenvalue weighted by Gasteiger charge is -2.11. The van der Waals surface area contributed by atoms with Crippen molar-refractivity contribution < 1.29 is 19.4 Å². The van der Waals surface area contributed by atoms with Crippen molar-refractivity contribution in [2.24, 2.45) is 5.92 Å². The zero-order valence-corrected chi connectivity index (χ0v) is 17.2. The van der Waals surface area contributed by atoms with Gasteiger partial charge in [-0.25, -0.2) is 4.98 Å². The molecule has 4 rings (SSSR count). The lowest BCUT2D eigenvalue weighted by Crippen LogP contribution is -2.22. The molecule has 0 radical (unpaired) electrons. The van der Waals surface area contributed by atoms with Crippen LogP contribution < -0.4 is 15.0 Å². The molecule has 1 aliphatic rings. The van der Waals surface area contributed by atoms with Crippen molar-refractivity contribution in [3.8, 4) is 22.8 Å². The van der Waals surface area contributed by atoms with E-state index < -0.39 is 18.1 Å². The maximum absolute atomic E-state index is 12.3. The van der Waals surface area contributed by atoms with E-state index in [4.69, 9.17) is 14.6 Å². The molecule has 9 nitrogen and oxygen atoms in total. The van der Waals surface area contributed by atoms with Crippen LogP contribution in [0.1, 0.15) is 23.9 Å². The van der Waals surface area contributed by atoms with E-state index in [0.29, 0.717) is 41.3 Å². The van der Waals surface area contributed by atoms with Crippen LogP contribution in [0, 0.1) is 12.8 Å². The molecule has 1 saturated carbocycles. The predicted octanol–water partition coefficient (Wildman–Crippen LogP) is 2.28. The molecular weight excluding hydrogens is 400 g/mol. The van der Waals surface area contributed by atoms with Crippen LogP contribution in [-0.4, -0.2) is 44.3 Å². The second kappa shape index (κ2) is 8.55. The number of carboxylic acid groups (broad SMARTS) is 1. The molecule has 31 heavy (non-hydrogen) atoms. The number of rotatable bonds is 8. The summed E-state index contributed by atoms with van der Waals surface area (Å²) in [5, 5.41) is 8.90. The number of methoxy groups -OCH3 is 1. The van der Waals surface area contributed by atoms with E-state index in [2.05, 4.69) is 15.0 Å². The van der Waals surface area contributed by atoms with E-state index in [-0.39, 0.29) is 0 Å². The summed E-state index contributed by atoms with van der Waals surface area (Å²) in [6.07, 6.45) is 5.75. The Bertz CT molecular complexity index is 1160. The summed E-state index contributed by atoms with van der Waals surface area (Å²) < 4.78 is 12.3. The summed E-state index contributed by atoms with van der Waals surface area (Å²) in [6, 6.07) is 6.89. The zero-order valence-electron chi connectivity index (χ0n) is 17.2. The van der Waals surface area contributed by atoms with Crippen LogP contribution in [0.2, 0.25) is 0 Å². The predicted molar refractivity (Wildman–Crippen MR) is 111 cm³/mol. The molecule has 0 aliphatic heterocycles. The number of nitrogens with zero attached hydrogens (tertiary/aromatic N) is 4. The van der Waals surface area contributed by atoms with Gasteiger partial charge in [0.15, 0.2) is 0 Å². The van der Waals surface area contributed by atoms with E-state index >= 15 is 0 Å². The zero-order chi connectivity index (χ0) is 22.0. The number of pyridine rings is 2. The van der Waals surface area contributed by atoms with E-state index in [1.807, 2.05) is 12.1 Å². The van der Waals surface area contributed by atoms with Gasteiger partial charge in [-0.1, -0.05) is 0 Å². The van der Waals surface area contributed by atoms with Crippen molar-refractivity contribution in [1.82, 2.24) is 19.5 Å². The highest BCUT2D eigenvalue weighted by Crippen LogP contribution is 2.47. The highest BCUT2D eigenvalue weighted by molar-refractivity contribution is 5.68. The minimum atomic E-state index is -1.08. The number of carboxylic acids is 1. The summed E-state index contributed by atoms with van der Waals surface area (Å²) in [6.45, 7) is 1.84. The van der Waals surface area contributed by atoms with Gasteiger partial charge < -0.3 is 19.1 Å². The van der Waals surface area contributed by atoms with Crippen LogP contribution in [0.3, 0.4) is 0 Å². The van der Waals surface area contributed by atoms with Gasteiger partial charge in [0.2, 0.25) is 5.88 Å². The average Bonchev–Trinajstić information content (AvgIpc) is 3.53. The van der Waals surface area contributed by atoms with E-state index in [1.54, 1.807) is 32.5 Å². The Morgan fingerprint density at radius 3 is 2.77 bits per heavy atom. The Labute approximate surface area is 178 Å². The number of hydrogen-bond donors (Lipinski definition) is 1. The molecule has 0 aromatic carbocycles. The number of aromatic nitrogens is 4. The SMILES string of the molecule is COc1ccc([C@H]2CC2COc2nc(C)ncc2-c2ccn(CC(=O)O)c(=O)c2)nc1. The second-order valence-electron chi connectivity index (χ2n) is 7.45. The van der Waals surface area contributed by atoms with Crippen LogP contribution in [0.15, 0.2) is 47.7 Å². The fourth-order valence-electron chi connectivity index (χ4n) is 3.42. The number of aryl methyl sites for hydroxylation is 1. The summed E-state index contributed by atoms with van der Waals surface area (Å²) >= 11 is 0. The third-order valence-corrected chi connectivity index (χ3v) is 5.22. The minimum absolute atomic E-state index is 0.326. The lowest BCUT2D eigenvalue weighted by molar-refractivity contribution is -0.137. The summed E-state index contributed by atoms with van der Waals surface area (Å²) in [7, 11) is 1.61. The molecule has 2 atom stereocenters. The molecule has 0 amide bonds. The first-order valence-corrected chi connectivity index (χ1v) is 9.83. The van der Waals surface area contributed by atoms with Gasteiger partial charge in [-0.15, -0.1) is 0 Å². The standard InChI is InChI=1S/C22H22N4O5/c1-13-23-10-18(14-5-6-26(11-21(28)29)20(27)8-14)22(25-13)31-12-15-7-17(15)19-4-3-16(30-2)9-24-19/h3-6,8-10,15,17H,7,11-12H2,1-2H3,(H,28,29)/t15?,17-/m0/s1. The van der Waals surface area contributed by atoms with Gasteiger partial charge in [-0.3, -0.25) is 14.6 Å². The van der Waals surface area contributed by atoms with Crippen LogP contribution in [-0.2, 0) is 11.3 Å². The summed E-state index contributed by atoms with van der Waals surface area (Å²) in [5.41, 5.74) is 1.76. The number of carbonyl (C=O) groups is 1. The van der Waals surface area contributed by atoms with Crippen molar-refractivity contribution in [3.63, 3.8) is 0 Å². The quantitative estimate of drug-likeness (QED) is 0.588. The second-order valence-corrected chi connectivity index (χ2v) is 7.45. The summed E-state index contributed by atoms with van der Waals surface area (Å²) in [4.78, 5) is 36.2. The smallest absolute Gasteiger partial charge is 0.323 e. The van der Waals surface area contributed by atoms with Crippen LogP contribution in [0.4, 0.5) is 0 Å². The van der Waals surface area contributed by atoms with Gasteiger partial charge in [0.1, 0.15) is 18.1 Å². The van der Waals surface area contributed by atoms with E-state index in [1.165, 1.54) is 12.3 Å². The Kier molecular flexibility index (Phi) is 5.66. The molecule has 1 fully saturated rings. The first kappa shape index (κ1) is 20.5. The Morgan fingerprint density at radius 2 is 2.10 bits per heavy atom. The fourth-order valence-corrected chi connectivity index (χ4v) is 3.42. The molecule has 1 aliphatic carbocycles. The van der Waals surface area contributed by atoms with Gasteiger partial charge >= 0.3 is 5.97 Å². The molecule has 0 spiro atoms. The van der Waals surface area contributed by atoms with Crippen molar-refractivity contribution in [1.29, 1.82) is 0 Å². The molecule has 1 unspecified atom stereocenters. The van der Waals surface area contributed by atoms with Crippen molar-refractivity contribution in [3.05, 3.63) is 64.7 Å². The molecule has 3 aromatic heterocycles. The number of ether oxygens (including phenoxy) is 2. The molecule has 0 bridgehead atoms. The molecule has 9 heteroatoms. The van der Waals surface area contributed by atoms with E-state index in [0.717, 1.165) is 22.4 Å². The van der Waals surface area contributed by atoms with Crippen molar-refractivity contribution in [2.75, 3.05) is 13.7 Å². The number of hydrogen-bond acceptors (Lipinski definition) is 7. The number of aliphatic carboxylic acids is 1. The normalized spacial score (nSPS) is 17.2. The molecule has 0 saturated heterocycles. The van der Waals surface area contributed by atoms with Crippen LogP contribution >= 0.6 is 0 Å². The highest BCUT2D eigenvalue weighted by Gasteiger charge is 2.40. The van der Waals surface area contributed by atoms with Crippen molar-refractivity contribution in [2.45, 2.75) is 25.8 Å². The van der Waals surface area contributed by atoms with Crippen molar-refractivity contribution >= 4 is 5.97 Å². The van der Waals surface area contributed by atoms with Gasteiger partial charge in [0.25, 0.3) is 5.56 Å². The summed E-state index contributed by atoms with van der Waals surface area (Å²) in [5.74, 6) is 1.26. The molecular formula is C22H22N4O5. The average molecular weight is 422 g/mol. The molecule has 160 valence electrons. The topological polar surface area (TPSA) is 116 Å². The first-order valence-electron chi connectivity index (χ1n) is 9.83. The fraction of sp³-hybridized carbons (Fsp3) is 0.318. The highest BCUT2D eigenvalue weighted by atomic mass is 16.5. The first-order chi connectivity index (χ1) is 14.9. The molecule has 1 N–H and O–H groups in total. The molecule has 3 aromatic rings. The third-order valence-electron chi connectivity index (χ3n) is 5.22. The Hall–Kier alpha value is -3.75. The molecule has 3 heterocycles. The Morgan fingerprint density at radius 1 is 1.26 bits per heavy atom. The lowest BCUT2D eigenvalue weighted by atomic mass is 10.1. The van der Waals surface area contributed by atoms with Crippen LogP contribution in [0.25, 0.3) is 11.1 Å². The maximum Gasteiger partial charge on any atom is 0.323 e.